The summed E-state index contributed by atoms with van der Waals surface area (Å²) in [6.07, 6.45) is 2.59. The molecule has 1 saturated heterocycles. The number of likely N-dealkylation sites (tertiary alicyclic amines) is 1. The summed E-state index contributed by atoms with van der Waals surface area (Å²) in [5, 5.41) is 9.49. The first-order valence-electron chi connectivity index (χ1n) is 7.00. The maximum absolute atomic E-state index is 9.49. The van der Waals surface area contributed by atoms with Gasteiger partial charge in [0.1, 0.15) is 0 Å². The molecule has 1 aromatic carbocycles. The van der Waals surface area contributed by atoms with Gasteiger partial charge in [0.2, 0.25) is 0 Å². The highest BCUT2D eigenvalue weighted by molar-refractivity contribution is 9.10. The van der Waals surface area contributed by atoms with Crippen LogP contribution in [-0.2, 0) is 6.61 Å². The predicted octanol–water partition coefficient (Wildman–Crippen LogP) is 2.86. The molecular formula is C15H23BrN2O. The number of nitrogens with zero attached hydrogens (tertiary/aromatic N) is 2. The van der Waals surface area contributed by atoms with Gasteiger partial charge in [-0.05, 0) is 44.1 Å². The van der Waals surface area contributed by atoms with E-state index >= 15 is 0 Å². The van der Waals surface area contributed by atoms with E-state index in [1.165, 1.54) is 19.4 Å². The molecule has 1 aliphatic rings. The van der Waals surface area contributed by atoms with E-state index in [2.05, 4.69) is 45.8 Å². The first kappa shape index (κ1) is 14.8. The fraction of sp³-hybridized carbons (Fsp3) is 0.600. The van der Waals surface area contributed by atoms with Gasteiger partial charge in [-0.1, -0.05) is 22.9 Å². The highest BCUT2D eigenvalue weighted by Crippen LogP contribution is 2.26. The van der Waals surface area contributed by atoms with E-state index in [4.69, 9.17) is 0 Å². The number of hydrogen-bond acceptors (Lipinski definition) is 3. The van der Waals surface area contributed by atoms with Crippen LogP contribution in [-0.4, -0.2) is 42.7 Å². The maximum atomic E-state index is 9.49. The van der Waals surface area contributed by atoms with Crippen molar-refractivity contribution in [2.24, 2.45) is 0 Å². The van der Waals surface area contributed by atoms with Gasteiger partial charge in [0.25, 0.3) is 0 Å². The Morgan fingerprint density at radius 1 is 1.47 bits per heavy atom. The molecule has 1 aliphatic heterocycles. The topological polar surface area (TPSA) is 26.7 Å². The summed E-state index contributed by atoms with van der Waals surface area (Å²) in [4.78, 5) is 4.82. The van der Waals surface area contributed by atoms with Crippen molar-refractivity contribution in [1.29, 1.82) is 0 Å². The molecule has 0 aromatic heterocycles. The molecule has 1 atom stereocenters. The summed E-state index contributed by atoms with van der Waals surface area (Å²) in [5.74, 6) is 0. The fourth-order valence-corrected chi connectivity index (χ4v) is 3.39. The molecule has 1 heterocycles. The second-order valence-corrected chi connectivity index (χ2v) is 6.15. The Morgan fingerprint density at radius 3 is 2.95 bits per heavy atom. The van der Waals surface area contributed by atoms with Gasteiger partial charge in [-0.3, -0.25) is 4.90 Å². The van der Waals surface area contributed by atoms with E-state index < -0.39 is 0 Å². The van der Waals surface area contributed by atoms with Crippen molar-refractivity contribution in [2.75, 3.05) is 31.6 Å². The average Bonchev–Trinajstić information content (AvgIpc) is 2.85. The van der Waals surface area contributed by atoms with Crippen LogP contribution >= 0.6 is 15.9 Å². The lowest BCUT2D eigenvalue weighted by Crippen LogP contribution is -2.39. The van der Waals surface area contributed by atoms with Crippen LogP contribution in [0.2, 0.25) is 0 Å². The quantitative estimate of drug-likeness (QED) is 0.901. The van der Waals surface area contributed by atoms with Crippen LogP contribution < -0.4 is 4.90 Å². The third-order valence-corrected chi connectivity index (χ3v) is 4.51. The van der Waals surface area contributed by atoms with Crippen molar-refractivity contribution in [2.45, 2.75) is 32.4 Å². The maximum Gasteiger partial charge on any atom is 0.0702 e. The Morgan fingerprint density at radius 2 is 2.26 bits per heavy atom. The summed E-state index contributed by atoms with van der Waals surface area (Å²) in [6, 6.07) is 6.76. The molecule has 1 fully saturated rings. The number of anilines is 1. The van der Waals surface area contributed by atoms with E-state index in [1.54, 1.807) is 0 Å². The number of aliphatic hydroxyl groups excluding tert-OH is 1. The standard InChI is InChI=1S/C15H23BrN2O/c1-3-18-8-4-5-14(18)10-17(2)15-7-6-13(16)9-12(15)11-19/h6-7,9,14,19H,3-5,8,10-11H2,1-2H3. The summed E-state index contributed by atoms with van der Waals surface area (Å²) in [5.41, 5.74) is 2.12. The molecule has 1 unspecified atom stereocenters. The van der Waals surface area contributed by atoms with Crippen molar-refractivity contribution < 1.29 is 5.11 Å². The van der Waals surface area contributed by atoms with Crippen LogP contribution in [0.15, 0.2) is 22.7 Å². The minimum absolute atomic E-state index is 0.0846. The number of rotatable bonds is 5. The van der Waals surface area contributed by atoms with Gasteiger partial charge >= 0.3 is 0 Å². The first-order valence-corrected chi connectivity index (χ1v) is 7.79. The molecule has 1 N–H and O–H groups in total. The Balaban J connectivity index is 2.09. The zero-order valence-electron chi connectivity index (χ0n) is 11.8. The van der Waals surface area contributed by atoms with Gasteiger partial charge in [-0.15, -0.1) is 0 Å². The Labute approximate surface area is 124 Å². The number of hydrogen-bond donors (Lipinski definition) is 1. The van der Waals surface area contributed by atoms with Gasteiger partial charge in [0.05, 0.1) is 6.61 Å². The molecule has 0 bridgehead atoms. The zero-order valence-corrected chi connectivity index (χ0v) is 13.4. The molecule has 3 nitrogen and oxygen atoms in total. The third-order valence-electron chi connectivity index (χ3n) is 4.01. The first-order chi connectivity index (χ1) is 9.15. The minimum Gasteiger partial charge on any atom is -0.392 e. The summed E-state index contributed by atoms with van der Waals surface area (Å²) >= 11 is 3.46. The van der Waals surface area contributed by atoms with Crippen molar-refractivity contribution in [3.05, 3.63) is 28.2 Å². The lowest BCUT2D eigenvalue weighted by Gasteiger charge is -2.30. The van der Waals surface area contributed by atoms with Crippen molar-refractivity contribution in [3.63, 3.8) is 0 Å². The second-order valence-electron chi connectivity index (χ2n) is 5.24. The molecule has 0 spiro atoms. The average molecular weight is 327 g/mol. The molecule has 0 aliphatic carbocycles. The Kier molecular flexibility index (Phi) is 5.25. The van der Waals surface area contributed by atoms with Gasteiger partial charge < -0.3 is 10.0 Å². The molecule has 19 heavy (non-hydrogen) atoms. The predicted molar refractivity (Wildman–Crippen MR) is 83.6 cm³/mol. The molecule has 2 rings (SSSR count). The number of benzene rings is 1. The van der Waals surface area contributed by atoms with Crippen LogP contribution in [0.5, 0.6) is 0 Å². The molecule has 0 amide bonds. The van der Waals surface area contributed by atoms with Crippen molar-refractivity contribution in [3.8, 4) is 0 Å². The second kappa shape index (κ2) is 6.73. The van der Waals surface area contributed by atoms with Crippen LogP contribution in [0.4, 0.5) is 5.69 Å². The van der Waals surface area contributed by atoms with Gasteiger partial charge in [-0.25, -0.2) is 0 Å². The lowest BCUT2D eigenvalue weighted by atomic mass is 10.1. The monoisotopic (exact) mass is 326 g/mol. The molecule has 4 heteroatoms. The van der Waals surface area contributed by atoms with Gasteiger partial charge in [-0.2, -0.15) is 0 Å². The van der Waals surface area contributed by atoms with E-state index in [9.17, 15) is 5.11 Å². The minimum atomic E-state index is 0.0846. The zero-order chi connectivity index (χ0) is 13.8. The smallest absolute Gasteiger partial charge is 0.0702 e. The molecule has 0 saturated carbocycles. The molecule has 0 radical (unpaired) electrons. The van der Waals surface area contributed by atoms with Crippen LogP contribution in [0, 0.1) is 0 Å². The lowest BCUT2D eigenvalue weighted by molar-refractivity contribution is 0.269. The van der Waals surface area contributed by atoms with Crippen LogP contribution in [0.3, 0.4) is 0 Å². The highest BCUT2D eigenvalue weighted by atomic mass is 79.9. The number of likely N-dealkylation sites (N-methyl/N-ethyl adjacent to an activating group) is 2. The Hall–Kier alpha value is -0.580. The number of aliphatic hydroxyl groups is 1. The van der Waals surface area contributed by atoms with E-state index in [-0.39, 0.29) is 6.61 Å². The van der Waals surface area contributed by atoms with Crippen LogP contribution in [0.1, 0.15) is 25.3 Å². The van der Waals surface area contributed by atoms with Gasteiger partial charge in [0, 0.05) is 35.4 Å². The molecule has 1 aromatic rings. The van der Waals surface area contributed by atoms with Crippen LogP contribution in [0.25, 0.3) is 0 Å². The van der Waals surface area contributed by atoms with E-state index in [1.807, 2.05) is 12.1 Å². The molecular weight excluding hydrogens is 304 g/mol. The highest BCUT2D eigenvalue weighted by Gasteiger charge is 2.24. The van der Waals surface area contributed by atoms with Gasteiger partial charge in [0.15, 0.2) is 0 Å². The molecule has 106 valence electrons. The SMILES string of the molecule is CCN1CCCC1CN(C)c1ccc(Br)cc1CO. The number of halogens is 1. The Bertz CT molecular complexity index is 425. The largest absolute Gasteiger partial charge is 0.392 e. The fourth-order valence-electron chi connectivity index (χ4n) is 2.99. The van der Waals surface area contributed by atoms with E-state index in [0.29, 0.717) is 6.04 Å². The summed E-state index contributed by atoms with van der Waals surface area (Å²) in [7, 11) is 2.12. The van der Waals surface area contributed by atoms with Crippen molar-refractivity contribution in [1.82, 2.24) is 4.90 Å². The summed E-state index contributed by atoms with van der Waals surface area (Å²) < 4.78 is 1.02. The normalized spacial score (nSPS) is 19.9. The summed E-state index contributed by atoms with van der Waals surface area (Å²) in [6.45, 7) is 5.70. The third kappa shape index (κ3) is 3.50. The van der Waals surface area contributed by atoms with Crippen molar-refractivity contribution >= 4 is 21.6 Å². The van der Waals surface area contributed by atoms with E-state index in [0.717, 1.165) is 28.8 Å².